The van der Waals surface area contributed by atoms with E-state index in [-0.39, 0.29) is 18.1 Å². The summed E-state index contributed by atoms with van der Waals surface area (Å²) in [5.41, 5.74) is 0.146. The van der Waals surface area contributed by atoms with Gasteiger partial charge >= 0.3 is 5.69 Å². The molecule has 0 radical (unpaired) electrons. The first kappa shape index (κ1) is 19.1. The minimum absolute atomic E-state index is 0.0763. The van der Waals surface area contributed by atoms with Gasteiger partial charge in [0, 0.05) is 6.20 Å². The van der Waals surface area contributed by atoms with E-state index in [1.54, 1.807) is 6.08 Å². The van der Waals surface area contributed by atoms with Crippen LogP contribution in [0.5, 0.6) is 5.88 Å². The molecule has 136 valence electrons. The van der Waals surface area contributed by atoms with Crippen LogP contribution in [0.4, 0.5) is 4.39 Å². The van der Waals surface area contributed by atoms with Crippen LogP contribution < -0.4 is 10.4 Å². The van der Waals surface area contributed by atoms with Crippen LogP contribution in [0.1, 0.15) is 25.6 Å². The second kappa shape index (κ2) is 7.33. The van der Waals surface area contributed by atoms with E-state index in [9.17, 15) is 19.4 Å². The molecule has 2 heterocycles. The van der Waals surface area contributed by atoms with Crippen LogP contribution >= 0.6 is 0 Å². The molecule has 3 N–H and O–H groups in total. The zero-order chi connectivity index (χ0) is 18.8. The number of aliphatic hydroxyl groups excluding tert-OH is 3. The molecule has 1 fully saturated rings. The van der Waals surface area contributed by atoms with E-state index in [4.69, 9.17) is 21.0 Å². The molecule has 0 bridgehead atoms. The molecule has 0 aromatic carbocycles. The van der Waals surface area contributed by atoms with E-state index >= 15 is 0 Å². The summed E-state index contributed by atoms with van der Waals surface area (Å²) in [4.78, 5) is 15.8. The number of aliphatic hydroxyl groups is 3. The van der Waals surface area contributed by atoms with Crippen molar-refractivity contribution >= 4 is 0 Å². The molecule has 4 atom stereocenters. The van der Waals surface area contributed by atoms with E-state index < -0.39 is 36.6 Å². The van der Waals surface area contributed by atoms with Gasteiger partial charge in [0.2, 0.25) is 5.88 Å². The average molecular weight is 354 g/mol. The van der Waals surface area contributed by atoms with Crippen LogP contribution in [0.25, 0.3) is 0 Å². The SMILES string of the molecule is C#Cc1cn([C@@H]2O[C@](F)(CO)[C@@H](O)[C@H]2O)c(=O)nc1OCC=C(C)C. The van der Waals surface area contributed by atoms with Crippen molar-refractivity contribution in [2.45, 2.75) is 38.1 Å². The number of hydrogen-bond donors (Lipinski definition) is 3. The van der Waals surface area contributed by atoms with Gasteiger partial charge in [0.25, 0.3) is 5.85 Å². The first-order valence-electron chi connectivity index (χ1n) is 7.43. The molecule has 0 saturated carbocycles. The van der Waals surface area contributed by atoms with Crippen LogP contribution in [-0.4, -0.2) is 56.1 Å². The number of nitrogens with zero attached hydrogens (tertiary/aromatic N) is 2. The molecule has 2 rings (SSSR count). The molecule has 1 saturated heterocycles. The fourth-order valence-electron chi connectivity index (χ4n) is 2.24. The molecule has 1 aromatic heterocycles. The highest BCUT2D eigenvalue weighted by atomic mass is 19.2. The average Bonchev–Trinajstić information content (AvgIpc) is 2.80. The molecule has 8 nitrogen and oxygen atoms in total. The molecule has 0 amide bonds. The van der Waals surface area contributed by atoms with Gasteiger partial charge in [-0.1, -0.05) is 11.5 Å². The second-order valence-corrected chi connectivity index (χ2v) is 5.77. The Morgan fingerprint density at radius 1 is 1.60 bits per heavy atom. The number of rotatable bonds is 5. The zero-order valence-electron chi connectivity index (χ0n) is 13.7. The Labute approximate surface area is 143 Å². The molecular formula is C16H19FN2O6. The third-order valence-corrected chi connectivity index (χ3v) is 3.65. The van der Waals surface area contributed by atoms with Crippen molar-refractivity contribution in [2.75, 3.05) is 13.2 Å². The largest absolute Gasteiger partial charge is 0.472 e. The van der Waals surface area contributed by atoms with Gasteiger partial charge in [-0.2, -0.15) is 4.98 Å². The molecule has 1 aliphatic rings. The number of terminal acetylenes is 1. The zero-order valence-corrected chi connectivity index (χ0v) is 13.7. The highest BCUT2D eigenvalue weighted by molar-refractivity contribution is 5.38. The normalized spacial score (nSPS) is 28.4. The summed E-state index contributed by atoms with van der Waals surface area (Å²) >= 11 is 0. The number of hydrogen-bond acceptors (Lipinski definition) is 7. The lowest BCUT2D eigenvalue weighted by Gasteiger charge is -2.20. The quantitative estimate of drug-likeness (QED) is 0.481. The van der Waals surface area contributed by atoms with Crippen molar-refractivity contribution in [1.82, 2.24) is 9.55 Å². The van der Waals surface area contributed by atoms with Crippen LogP contribution in [-0.2, 0) is 4.74 Å². The monoisotopic (exact) mass is 354 g/mol. The van der Waals surface area contributed by atoms with Gasteiger partial charge in [-0.05, 0) is 19.9 Å². The van der Waals surface area contributed by atoms with Gasteiger partial charge in [-0.3, -0.25) is 4.57 Å². The highest BCUT2D eigenvalue weighted by Gasteiger charge is 2.56. The van der Waals surface area contributed by atoms with Crippen LogP contribution in [0.15, 0.2) is 22.6 Å². The molecule has 1 aromatic rings. The molecule has 25 heavy (non-hydrogen) atoms. The number of allylic oxidation sites excluding steroid dienone is 1. The lowest BCUT2D eigenvalue weighted by atomic mass is 10.1. The minimum Gasteiger partial charge on any atom is -0.472 e. The molecule has 9 heteroatoms. The van der Waals surface area contributed by atoms with E-state index in [0.717, 1.165) is 16.3 Å². The van der Waals surface area contributed by atoms with Gasteiger partial charge in [0.1, 0.15) is 31.0 Å². The van der Waals surface area contributed by atoms with Crippen LogP contribution in [0.2, 0.25) is 0 Å². The predicted octanol–water partition coefficient (Wildman–Crippen LogP) is -0.522. The summed E-state index contributed by atoms with van der Waals surface area (Å²) in [6.45, 7) is 2.68. The molecular weight excluding hydrogens is 335 g/mol. The third kappa shape index (κ3) is 3.72. The van der Waals surface area contributed by atoms with Gasteiger partial charge in [0.05, 0.1) is 0 Å². The van der Waals surface area contributed by atoms with Gasteiger partial charge in [-0.25, -0.2) is 9.18 Å². The number of alkyl halides is 1. The van der Waals surface area contributed by atoms with Crippen LogP contribution in [0.3, 0.4) is 0 Å². The van der Waals surface area contributed by atoms with Crippen molar-refractivity contribution in [3.8, 4) is 18.2 Å². The Morgan fingerprint density at radius 3 is 2.80 bits per heavy atom. The third-order valence-electron chi connectivity index (χ3n) is 3.65. The Balaban J connectivity index is 2.36. The highest BCUT2D eigenvalue weighted by Crippen LogP contribution is 2.37. The van der Waals surface area contributed by atoms with Crippen LogP contribution in [0, 0.1) is 12.3 Å². The van der Waals surface area contributed by atoms with Gasteiger partial charge in [0.15, 0.2) is 6.23 Å². The van der Waals surface area contributed by atoms with Crippen molar-refractivity contribution in [2.24, 2.45) is 0 Å². The number of aromatic nitrogens is 2. The number of ether oxygens (including phenoxy) is 2. The lowest BCUT2D eigenvalue weighted by Crippen LogP contribution is -2.42. The Kier molecular flexibility index (Phi) is 5.59. The number of halogens is 1. The maximum Gasteiger partial charge on any atom is 0.353 e. The fraction of sp³-hybridized carbons (Fsp3) is 0.500. The first-order chi connectivity index (χ1) is 11.7. The summed E-state index contributed by atoms with van der Waals surface area (Å²) in [6, 6.07) is 0. The van der Waals surface area contributed by atoms with Crippen molar-refractivity contribution < 1.29 is 29.2 Å². The van der Waals surface area contributed by atoms with Crippen molar-refractivity contribution in [3.05, 3.63) is 33.9 Å². The Bertz CT molecular complexity index is 767. The Morgan fingerprint density at radius 2 is 2.28 bits per heavy atom. The van der Waals surface area contributed by atoms with Gasteiger partial charge in [-0.15, -0.1) is 6.42 Å². The summed E-state index contributed by atoms with van der Waals surface area (Å²) in [6.07, 6.45) is 2.78. The molecule has 1 aliphatic heterocycles. The van der Waals surface area contributed by atoms with Gasteiger partial charge < -0.3 is 24.8 Å². The topological polar surface area (TPSA) is 114 Å². The second-order valence-electron chi connectivity index (χ2n) is 5.77. The van der Waals surface area contributed by atoms with E-state index in [0.29, 0.717) is 0 Å². The standard InChI is InChI=1S/C16H19FN2O6/c1-4-10-7-19(14-11(21)12(22)16(17,8-20)25-14)15(23)18-13(10)24-6-5-9(2)3/h1,5,7,11-12,14,20-22H,6,8H2,2-3H3/t11-,12+,14-,16-/m1/s1. The van der Waals surface area contributed by atoms with E-state index in [1.165, 1.54) is 0 Å². The first-order valence-corrected chi connectivity index (χ1v) is 7.43. The van der Waals surface area contributed by atoms with E-state index in [2.05, 4.69) is 10.9 Å². The maximum absolute atomic E-state index is 14.2. The smallest absolute Gasteiger partial charge is 0.353 e. The fourth-order valence-corrected chi connectivity index (χ4v) is 2.24. The summed E-state index contributed by atoms with van der Waals surface area (Å²) in [7, 11) is 0. The minimum atomic E-state index is -2.90. The predicted molar refractivity (Wildman–Crippen MR) is 84.4 cm³/mol. The Hall–Kier alpha value is -2.25. The molecule has 0 spiro atoms. The lowest BCUT2D eigenvalue weighted by molar-refractivity contribution is -0.207. The summed E-state index contributed by atoms with van der Waals surface area (Å²) < 4.78 is 25.1. The molecule has 0 aliphatic carbocycles. The van der Waals surface area contributed by atoms with Crippen molar-refractivity contribution in [1.29, 1.82) is 0 Å². The van der Waals surface area contributed by atoms with Crippen molar-refractivity contribution in [3.63, 3.8) is 0 Å². The van der Waals surface area contributed by atoms with E-state index in [1.807, 2.05) is 13.8 Å². The summed E-state index contributed by atoms with van der Waals surface area (Å²) in [5, 5.41) is 28.6. The summed E-state index contributed by atoms with van der Waals surface area (Å²) in [5.74, 6) is -0.724. The maximum atomic E-state index is 14.2. The molecule has 0 unspecified atom stereocenters.